The first-order chi connectivity index (χ1) is 6.13. The molecule has 0 radical (unpaired) electrons. The molecule has 5 N–H and O–H groups in total. The van der Waals surface area contributed by atoms with E-state index in [1.54, 1.807) is 12.1 Å². The van der Waals surface area contributed by atoms with E-state index in [2.05, 4.69) is 0 Å². The fourth-order valence-electron chi connectivity index (χ4n) is 1.09. The lowest BCUT2D eigenvalue weighted by molar-refractivity contribution is 0.0950. The van der Waals surface area contributed by atoms with Gasteiger partial charge in [0, 0.05) is 12.1 Å². The van der Waals surface area contributed by atoms with Gasteiger partial charge in [-0.2, -0.15) is 0 Å². The molecule has 0 saturated carbocycles. The molecule has 0 fully saturated rings. The number of phenolic OH excluding ortho intramolecular Hbond substituents is 1. The highest BCUT2D eigenvalue weighted by Crippen LogP contribution is 2.20. The van der Waals surface area contributed by atoms with Crippen molar-refractivity contribution in [3.63, 3.8) is 0 Å². The predicted octanol–water partition coefficient (Wildman–Crippen LogP) is -0.130. The van der Waals surface area contributed by atoms with Crippen LogP contribution in [0, 0.1) is 0 Å². The highest BCUT2D eigenvalue weighted by atomic mass is 16.3. The molecule has 0 saturated heterocycles. The number of phenols is 1. The molecule has 1 atom stereocenters. The average Bonchev–Trinajstić information content (AvgIpc) is 2.11. The molecule has 13 heavy (non-hydrogen) atoms. The van der Waals surface area contributed by atoms with Gasteiger partial charge in [-0.05, 0) is 23.8 Å². The topological polar surface area (TPSA) is 86.7 Å². The predicted molar refractivity (Wildman–Crippen MR) is 49.3 cm³/mol. The summed E-state index contributed by atoms with van der Waals surface area (Å²) in [4.78, 5) is 0. The first-order valence-electron chi connectivity index (χ1n) is 3.99. The third-order valence-corrected chi connectivity index (χ3v) is 1.77. The minimum Gasteiger partial charge on any atom is -0.508 e. The Kier molecular flexibility index (Phi) is 3.11. The number of aliphatic hydroxyl groups is 2. The lowest BCUT2D eigenvalue weighted by atomic mass is 10.1. The van der Waals surface area contributed by atoms with Crippen LogP contribution in [0.15, 0.2) is 18.2 Å². The normalized spacial score (nSPS) is 12.8. The number of aliphatic hydroxyl groups excluding tert-OH is 2. The van der Waals surface area contributed by atoms with Crippen molar-refractivity contribution in [3.05, 3.63) is 23.8 Å². The quantitative estimate of drug-likeness (QED) is 0.388. The maximum absolute atomic E-state index is 9.33. The minimum absolute atomic E-state index is 0.0849. The Morgan fingerprint density at radius 2 is 2.08 bits per heavy atom. The summed E-state index contributed by atoms with van der Waals surface area (Å²) >= 11 is 0. The first kappa shape index (κ1) is 9.83. The van der Waals surface area contributed by atoms with E-state index in [0.29, 0.717) is 11.3 Å². The zero-order valence-corrected chi connectivity index (χ0v) is 7.14. The molecule has 0 heterocycles. The zero-order chi connectivity index (χ0) is 9.84. The van der Waals surface area contributed by atoms with E-state index >= 15 is 0 Å². The molecule has 0 aliphatic heterocycles. The van der Waals surface area contributed by atoms with Crippen LogP contribution in [0.4, 0.5) is 5.69 Å². The SMILES string of the molecule is Nc1ccc(O)c(CC(O)CO)c1. The molecule has 0 aliphatic carbocycles. The number of hydrogen-bond donors (Lipinski definition) is 4. The van der Waals surface area contributed by atoms with E-state index in [-0.39, 0.29) is 18.8 Å². The largest absolute Gasteiger partial charge is 0.508 e. The van der Waals surface area contributed by atoms with Gasteiger partial charge in [0.05, 0.1) is 12.7 Å². The molecule has 0 spiro atoms. The second kappa shape index (κ2) is 4.11. The van der Waals surface area contributed by atoms with Crippen molar-refractivity contribution in [2.75, 3.05) is 12.3 Å². The van der Waals surface area contributed by atoms with Crippen LogP contribution in [-0.4, -0.2) is 28.0 Å². The first-order valence-corrected chi connectivity index (χ1v) is 3.99. The Morgan fingerprint density at radius 1 is 1.38 bits per heavy atom. The Bertz CT molecular complexity index is 288. The molecule has 1 rings (SSSR count). The van der Waals surface area contributed by atoms with Crippen LogP contribution in [0.2, 0.25) is 0 Å². The molecule has 0 bridgehead atoms. The van der Waals surface area contributed by atoms with Crippen LogP contribution in [0.3, 0.4) is 0 Å². The molecular formula is C9H13NO3. The van der Waals surface area contributed by atoms with Gasteiger partial charge < -0.3 is 21.1 Å². The molecule has 1 aromatic carbocycles. The van der Waals surface area contributed by atoms with Crippen LogP contribution < -0.4 is 5.73 Å². The third kappa shape index (κ3) is 2.61. The van der Waals surface area contributed by atoms with Crippen molar-refractivity contribution in [1.29, 1.82) is 0 Å². The molecule has 72 valence electrons. The molecule has 4 nitrogen and oxygen atoms in total. The van der Waals surface area contributed by atoms with E-state index in [1.165, 1.54) is 6.07 Å². The number of rotatable bonds is 3. The molecule has 0 aliphatic rings. The monoisotopic (exact) mass is 183 g/mol. The summed E-state index contributed by atoms with van der Waals surface area (Å²) in [5.41, 5.74) is 6.56. The van der Waals surface area contributed by atoms with Gasteiger partial charge in [-0.1, -0.05) is 0 Å². The summed E-state index contributed by atoms with van der Waals surface area (Å²) in [7, 11) is 0. The Hall–Kier alpha value is -1.26. The fraction of sp³-hybridized carbons (Fsp3) is 0.333. The number of benzene rings is 1. The zero-order valence-electron chi connectivity index (χ0n) is 7.14. The third-order valence-electron chi connectivity index (χ3n) is 1.77. The fourth-order valence-corrected chi connectivity index (χ4v) is 1.09. The van der Waals surface area contributed by atoms with E-state index in [1.807, 2.05) is 0 Å². The van der Waals surface area contributed by atoms with Gasteiger partial charge in [0.15, 0.2) is 0 Å². The summed E-state index contributed by atoms with van der Waals surface area (Å²) in [6.45, 7) is -0.325. The van der Waals surface area contributed by atoms with Gasteiger partial charge >= 0.3 is 0 Å². The number of nitrogens with two attached hydrogens (primary N) is 1. The van der Waals surface area contributed by atoms with E-state index in [9.17, 15) is 5.11 Å². The van der Waals surface area contributed by atoms with Gasteiger partial charge in [0.25, 0.3) is 0 Å². The molecule has 0 amide bonds. The van der Waals surface area contributed by atoms with E-state index in [4.69, 9.17) is 15.9 Å². The maximum Gasteiger partial charge on any atom is 0.119 e. The van der Waals surface area contributed by atoms with Crippen LogP contribution in [-0.2, 0) is 6.42 Å². The highest BCUT2D eigenvalue weighted by Gasteiger charge is 2.07. The summed E-state index contributed by atoms with van der Waals surface area (Å²) in [5.74, 6) is 0.0849. The van der Waals surface area contributed by atoms with Crippen LogP contribution in [0.25, 0.3) is 0 Å². The number of hydrogen-bond acceptors (Lipinski definition) is 4. The molecular weight excluding hydrogens is 170 g/mol. The van der Waals surface area contributed by atoms with Gasteiger partial charge in [-0.15, -0.1) is 0 Å². The van der Waals surface area contributed by atoms with Gasteiger partial charge in [0.1, 0.15) is 5.75 Å². The second-order valence-corrected chi connectivity index (χ2v) is 2.93. The van der Waals surface area contributed by atoms with Gasteiger partial charge in [-0.25, -0.2) is 0 Å². The lowest BCUT2D eigenvalue weighted by Gasteiger charge is -2.09. The van der Waals surface area contributed by atoms with Crippen molar-refractivity contribution in [1.82, 2.24) is 0 Å². The molecule has 1 aromatic rings. The lowest BCUT2D eigenvalue weighted by Crippen LogP contribution is -2.15. The second-order valence-electron chi connectivity index (χ2n) is 2.93. The van der Waals surface area contributed by atoms with E-state index < -0.39 is 6.10 Å². The Morgan fingerprint density at radius 3 is 2.69 bits per heavy atom. The smallest absolute Gasteiger partial charge is 0.119 e. The van der Waals surface area contributed by atoms with E-state index in [0.717, 1.165) is 0 Å². The summed E-state index contributed by atoms with van der Waals surface area (Å²) in [6, 6.07) is 4.62. The summed E-state index contributed by atoms with van der Waals surface area (Å²) < 4.78 is 0. The van der Waals surface area contributed by atoms with Crippen molar-refractivity contribution >= 4 is 5.69 Å². The standard InChI is InChI=1S/C9H13NO3/c10-7-1-2-9(13)6(3-7)4-8(12)5-11/h1-3,8,11-13H,4-5,10H2. The van der Waals surface area contributed by atoms with Crippen LogP contribution in [0.1, 0.15) is 5.56 Å². The van der Waals surface area contributed by atoms with Crippen LogP contribution >= 0.6 is 0 Å². The summed E-state index contributed by atoms with van der Waals surface area (Å²) in [6.07, 6.45) is -0.652. The Balaban J connectivity index is 2.81. The van der Waals surface area contributed by atoms with Gasteiger partial charge in [-0.3, -0.25) is 0 Å². The number of anilines is 1. The average molecular weight is 183 g/mol. The van der Waals surface area contributed by atoms with Crippen LogP contribution in [0.5, 0.6) is 5.75 Å². The van der Waals surface area contributed by atoms with Crippen molar-refractivity contribution < 1.29 is 15.3 Å². The summed E-state index contributed by atoms with van der Waals surface area (Å²) in [5, 5.41) is 27.0. The van der Waals surface area contributed by atoms with Crippen molar-refractivity contribution in [2.24, 2.45) is 0 Å². The Labute approximate surface area is 76.2 Å². The molecule has 4 heteroatoms. The number of aromatic hydroxyl groups is 1. The van der Waals surface area contributed by atoms with Gasteiger partial charge in [0.2, 0.25) is 0 Å². The van der Waals surface area contributed by atoms with Crippen molar-refractivity contribution in [2.45, 2.75) is 12.5 Å². The number of nitrogen functional groups attached to an aromatic ring is 1. The molecule has 0 aromatic heterocycles. The minimum atomic E-state index is -0.854. The highest BCUT2D eigenvalue weighted by molar-refractivity contribution is 5.47. The van der Waals surface area contributed by atoms with Crippen molar-refractivity contribution in [3.8, 4) is 5.75 Å². The maximum atomic E-state index is 9.33. The molecule has 1 unspecified atom stereocenters.